The number of amides is 1. The van der Waals surface area contributed by atoms with Crippen LogP contribution in [0, 0.1) is 0 Å². The lowest BCUT2D eigenvalue weighted by Gasteiger charge is -2.47. The largest absolute Gasteiger partial charge is 0.484 e. The van der Waals surface area contributed by atoms with Crippen LogP contribution in [0.3, 0.4) is 0 Å². The third-order valence-electron chi connectivity index (χ3n) is 5.43. The van der Waals surface area contributed by atoms with Gasteiger partial charge in [0.2, 0.25) is 0 Å². The summed E-state index contributed by atoms with van der Waals surface area (Å²) in [6.45, 7) is 10.1. The van der Waals surface area contributed by atoms with Gasteiger partial charge in [-0.2, -0.15) is 5.10 Å². The highest BCUT2D eigenvalue weighted by Crippen LogP contribution is 2.43. The molecule has 1 heterocycles. The number of nitrogens with zero attached hydrogens (tertiary/aromatic N) is 2. The SMILES string of the molecule is CCCN1c2ccc(/C=N/NC(=O)COc3cccc(Br)c3)cc2C(C)CC1(C)C. The summed E-state index contributed by atoms with van der Waals surface area (Å²) in [5.74, 6) is 0.810. The molecule has 0 fully saturated rings. The number of halogens is 1. The molecule has 1 N–H and O–H groups in total. The number of carbonyl (C=O) groups is 1. The Kier molecular flexibility index (Phi) is 7.19. The third kappa shape index (κ3) is 5.42. The first-order valence-electron chi connectivity index (χ1n) is 10.4. The van der Waals surface area contributed by atoms with Gasteiger partial charge in [0.05, 0.1) is 6.21 Å². The fourth-order valence-corrected chi connectivity index (χ4v) is 4.53. The molecular formula is C24H30BrN3O2. The second-order valence-corrected chi connectivity index (χ2v) is 9.34. The first kappa shape index (κ1) is 22.3. The Morgan fingerprint density at radius 3 is 2.87 bits per heavy atom. The van der Waals surface area contributed by atoms with Crippen molar-refractivity contribution in [2.24, 2.45) is 5.10 Å². The van der Waals surface area contributed by atoms with Crippen molar-refractivity contribution in [3.8, 4) is 5.75 Å². The van der Waals surface area contributed by atoms with E-state index in [2.05, 4.69) is 77.3 Å². The molecule has 0 radical (unpaired) electrons. The quantitative estimate of drug-likeness (QED) is 0.429. The van der Waals surface area contributed by atoms with Crippen LogP contribution in [-0.4, -0.2) is 30.8 Å². The first-order chi connectivity index (χ1) is 14.3. The topological polar surface area (TPSA) is 53.9 Å². The van der Waals surface area contributed by atoms with Crippen molar-refractivity contribution in [2.75, 3.05) is 18.1 Å². The van der Waals surface area contributed by atoms with Gasteiger partial charge < -0.3 is 9.64 Å². The Labute approximate surface area is 187 Å². The average Bonchev–Trinajstić information content (AvgIpc) is 2.69. The van der Waals surface area contributed by atoms with Crippen molar-refractivity contribution < 1.29 is 9.53 Å². The molecule has 2 aromatic rings. The van der Waals surface area contributed by atoms with Crippen molar-refractivity contribution in [1.82, 2.24) is 5.43 Å². The molecule has 2 aromatic carbocycles. The summed E-state index contributed by atoms with van der Waals surface area (Å²) in [6, 6.07) is 13.8. The maximum atomic E-state index is 12.0. The number of hydrogen-bond donors (Lipinski definition) is 1. The molecular weight excluding hydrogens is 442 g/mol. The number of hydrogen-bond acceptors (Lipinski definition) is 4. The van der Waals surface area contributed by atoms with Gasteiger partial charge in [0.1, 0.15) is 5.75 Å². The van der Waals surface area contributed by atoms with E-state index in [1.807, 2.05) is 18.2 Å². The van der Waals surface area contributed by atoms with Crippen LogP contribution in [0.1, 0.15) is 57.6 Å². The number of rotatable bonds is 7. The lowest BCUT2D eigenvalue weighted by Crippen LogP contribution is -2.48. The lowest BCUT2D eigenvalue weighted by atomic mass is 9.79. The van der Waals surface area contributed by atoms with Crippen LogP contribution in [0.2, 0.25) is 0 Å². The van der Waals surface area contributed by atoms with E-state index in [0.717, 1.165) is 29.4 Å². The van der Waals surface area contributed by atoms with Crippen molar-refractivity contribution in [3.05, 3.63) is 58.1 Å². The molecule has 6 heteroatoms. The number of anilines is 1. The van der Waals surface area contributed by atoms with E-state index in [1.165, 1.54) is 11.3 Å². The molecule has 1 unspecified atom stereocenters. The molecule has 1 aliphatic heterocycles. The van der Waals surface area contributed by atoms with Gasteiger partial charge >= 0.3 is 0 Å². The maximum absolute atomic E-state index is 12.0. The van der Waals surface area contributed by atoms with E-state index < -0.39 is 0 Å². The molecule has 5 nitrogen and oxygen atoms in total. The molecule has 0 saturated heterocycles. The zero-order chi connectivity index (χ0) is 21.7. The summed E-state index contributed by atoms with van der Waals surface area (Å²) in [6.07, 6.45) is 3.92. The third-order valence-corrected chi connectivity index (χ3v) is 5.92. The second kappa shape index (κ2) is 9.65. The normalized spacial score (nSPS) is 17.6. The van der Waals surface area contributed by atoms with E-state index in [9.17, 15) is 4.79 Å². The molecule has 1 aliphatic rings. The molecule has 30 heavy (non-hydrogen) atoms. The van der Waals surface area contributed by atoms with E-state index in [1.54, 1.807) is 12.3 Å². The van der Waals surface area contributed by atoms with Crippen molar-refractivity contribution >= 4 is 33.7 Å². The summed E-state index contributed by atoms with van der Waals surface area (Å²) >= 11 is 3.38. The van der Waals surface area contributed by atoms with Gasteiger partial charge in [-0.3, -0.25) is 4.79 Å². The van der Waals surface area contributed by atoms with Crippen LogP contribution in [0.4, 0.5) is 5.69 Å². The Morgan fingerprint density at radius 2 is 2.13 bits per heavy atom. The molecule has 0 spiro atoms. The fraction of sp³-hybridized carbons (Fsp3) is 0.417. The smallest absolute Gasteiger partial charge is 0.277 e. The van der Waals surface area contributed by atoms with Gasteiger partial charge in [-0.1, -0.05) is 41.9 Å². The summed E-state index contributed by atoms with van der Waals surface area (Å²) in [7, 11) is 0. The second-order valence-electron chi connectivity index (χ2n) is 8.43. The summed E-state index contributed by atoms with van der Waals surface area (Å²) in [5.41, 5.74) is 6.32. The van der Waals surface area contributed by atoms with Gasteiger partial charge in [0.25, 0.3) is 5.91 Å². The Morgan fingerprint density at radius 1 is 1.33 bits per heavy atom. The lowest BCUT2D eigenvalue weighted by molar-refractivity contribution is -0.123. The fourth-order valence-electron chi connectivity index (χ4n) is 4.15. The molecule has 0 aliphatic carbocycles. The molecule has 3 rings (SSSR count). The highest BCUT2D eigenvalue weighted by atomic mass is 79.9. The van der Waals surface area contributed by atoms with E-state index >= 15 is 0 Å². The Hall–Kier alpha value is -2.34. The van der Waals surface area contributed by atoms with E-state index in [-0.39, 0.29) is 18.1 Å². The van der Waals surface area contributed by atoms with Crippen molar-refractivity contribution in [2.45, 2.75) is 52.0 Å². The van der Waals surface area contributed by atoms with Crippen LogP contribution in [0.25, 0.3) is 0 Å². The van der Waals surface area contributed by atoms with Crippen molar-refractivity contribution in [1.29, 1.82) is 0 Å². The molecule has 1 amide bonds. The predicted octanol–water partition coefficient (Wildman–Crippen LogP) is 5.48. The molecule has 0 saturated carbocycles. The number of ether oxygens (including phenoxy) is 1. The van der Waals surface area contributed by atoms with Crippen LogP contribution in [0.5, 0.6) is 5.75 Å². The summed E-state index contributed by atoms with van der Waals surface area (Å²) in [4.78, 5) is 14.5. The minimum absolute atomic E-state index is 0.0872. The molecule has 160 valence electrons. The van der Waals surface area contributed by atoms with Crippen LogP contribution in [0.15, 0.2) is 52.0 Å². The number of nitrogens with one attached hydrogen (secondary N) is 1. The average molecular weight is 472 g/mol. The highest BCUT2D eigenvalue weighted by molar-refractivity contribution is 9.10. The first-order valence-corrected chi connectivity index (χ1v) is 11.2. The molecule has 0 aromatic heterocycles. The standard InChI is InChI=1S/C24H30BrN3O2/c1-5-11-28-22-10-9-18(12-21(22)17(2)14-24(28,3)4)15-26-27-23(29)16-30-20-8-6-7-19(25)13-20/h6-10,12-13,15,17H,5,11,14,16H2,1-4H3,(H,27,29)/b26-15+. The maximum Gasteiger partial charge on any atom is 0.277 e. The minimum atomic E-state index is -0.298. The van der Waals surface area contributed by atoms with Gasteiger partial charge in [-0.25, -0.2) is 5.43 Å². The molecule has 1 atom stereocenters. The predicted molar refractivity (Wildman–Crippen MR) is 127 cm³/mol. The van der Waals surface area contributed by atoms with Crippen LogP contribution in [-0.2, 0) is 4.79 Å². The van der Waals surface area contributed by atoms with Crippen LogP contribution < -0.4 is 15.1 Å². The van der Waals surface area contributed by atoms with Gasteiger partial charge in [-0.15, -0.1) is 0 Å². The Balaban J connectivity index is 1.62. The zero-order valence-electron chi connectivity index (χ0n) is 18.1. The Bertz CT molecular complexity index is 926. The summed E-state index contributed by atoms with van der Waals surface area (Å²) in [5, 5.41) is 4.10. The van der Waals surface area contributed by atoms with Gasteiger partial charge in [0.15, 0.2) is 6.61 Å². The van der Waals surface area contributed by atoms with E-state index in [4.69, 9.17) is 4.74 Å². The summed E-state index contributed by atoms with van der Waals surface area (Å²) < 4.78 is 6.38. The number of hydrazone groups is 1. The van der Waals surface area contributed by atoms with Crippen LogP contribution >= 0.6 is 15.9 Å². The number of benzene rings is 2. The van der Waals surface area contributed by atoms with Gasteiger partial charge in [-0.05, 0) is 74.1 Å². The molecule has 0 bridgehead atoms. The highest BCUT2D eigenvalue weighted by Gasteiger charge is 2.35. The monoisotopic (exact) mass is 471 g/mol. The van der Waals surface area contributed by atoms with Crippen molar-refractivity contribution in [3.63, 3.8) is 0 Å². The number of carbonyl (C=O) groups excluding carboxylic acids is 1. The zero-order valence-corrected chi connectivity index (χ0v) is 19.7. The van der Waals surface area contributed by atoms with Gasteiger partial charge in [0, 0.05) is 22.2 Å². The minimum Gasteiger partial charge on any atom is -0.484 e. The van der Waals surface area contributed by atoms with E-state index in [0.29, 0.717) is 11.7 Å². The number of fused-ring (bicyclic) bond motifs is 1.